The molecule has 0 saturated heterocycles. The van der Waals surface area contributed by atoms with Crippen molar-refractivity contribution in [1.29, 1.82) is 0 Å². The van der Waals surface area contributed by atoms with Crippen LogP contribution in [0.25, 0.3) is 0 Å². The first kappa shape index (κ1) is 8.94. The maximum absolute atomic E-state index is 10.5. The number of rotatable bonds is 3. The van der Waals surface area contributed by atoms with Gasteiger partial charge >= 0.3 is 6.03 Å². The van der Waals surface area contributed by atoms with Crippen LogP contribution < -0.4 is 11.1 Å². The van der Waals surface area contributed by atoms with Crippen LogP contribution in [0.3, 0.4) is 0 Å². The summed E-state index contributed by atoms with van der Waals surface area (Å²) in [6, 6.07) is -0.808. The molecule has 0 aliphatic heterocycles. The highest BCUT2D eigenvalue weighted by molar-refractivity contribution is 5.97. The Balaban J connectivity index is 3.35. The molecule has 3 amide bonds. The van der Waals surface area contributed by atoms with E-state index in [2.05, 4.69) is 5.73 Å². The quantitative estimate of drug-likeness (QED) is 0.591. The van der Waals surface area contributed by atoms with Crippen LogP contribution in [0.4, 0.5) is 4.79 Å². The molecule has 0 bridgehead atoms. The molecular weight excluding hydrogens is 132 g/mol. The molecule has 4 heteroatoms. The van der Waals surface area contributed by atoms with Gasteiger partial charge in [-0.05, 0) is 6.42 Å². The third kappa shape index (κ3) is 5.08. The summed E-state index contributed by atoms with van der Waals surface area (Å²) >= 11 is 0. The SMILES string of the molecule is CCC[CH]C(=O)NC(N)=O. The molecule has 0 aromatic carbocycles. The first-order chi connectivity index (χ1) is 4.66. The number of hydrogen-bond donors (Lipinski definition) is 2. The first-order valence-electron chi connectivity index (χ1n) is 3.10. The van der Waals surface area contributed by atoms with Crippen LogP contribution in [0.1, 0.15) is 19.8 Å². The highest BCUT2D eigenvalue weighted by Crippen LogP contribution is 1.90. The highest BCUT2D eigenvalue weighted by atomic mass is 16.2. The molecule has 3 N–H and O–H groups in total. The summed E-state index contributed by atoms with van der Waals surface area (Å²) < 4.78 is 0. The average Bonchev–Trinajstić information content (AvgIpc) is 1.82. The minimum Gasteiger partial charge on any atom is -0.351 e. The van der Waals surface area contributed by atoms with Crippen molar-refractivity contribution in [1.82, 2.24) is 5.32 Å². The van der Waals surface area contributed by atoms with Crippen LogP contribution in [-0.2, 0) is 4.79 Å². The van der Waals surface area contributed by atoms with Crippen molar-refractivity contribution in [3.8, 4) is 0 Å². The predicted molar refractivity (Wildman–Crippen MR) is 36.9 cm³/mol. The Bertz CT molecular complexity index is 134. The topological polar surface area (TPSA) is 72.2 Å². The van der Waals surface area contributed by atoms with E-state index in [0.29, 0.717) is 6.42 Å². The van der Waals surface area contributed by atoms with Gasteiger partial charge in [0.15, 0.2) is 0 Å². The summed E-state index contributed by atoms with van der Waals surface area (Å²) in [6.07, 6.45) is 2.94. The van der Waals surface area contributed by atoms with Gasteiger partial charge < -0.3 is 5.73 Å². The lowest BCUT2D eigenvalue weighted by atomic mass is 10.2. The number of urea groups is 1. The summed E-state index contributed by atoms with van der Waals surface area (Å²) in [5.41, 5.74) is 4.67. The predicted octanol–water partition coefficient (Wildman–Crippen LogP) is 0.186. The Hall–Kier alpha value is -1.06. The Morgan fingerprint density at radius 3 is 2.60 bits per heavy atom. The Morgan fingerprint density at radius 1 is 1.60 bits per heavy atom. The smallest absolute Gasteiger partial charge is 0.318 e. The maximum Gasteiger partial charge on any atom is 0.318 e. The lowest BCUT2D eigenvalue weighted by molar-refractivity contribution is -0.116. The van der Waals surface area contributed by atoms with Gasteiger partial charge in [-0.25, -0.2) is 4.79 Å². The van der Waals surface area contributed by atoms with Gasteiger partial charge in [0.25, 0.3) is 0 Å². The summed E-state index contributed by atoms with van der Waals surface area (Å²) in [6.45, 7) is 1.94. The fourth-order valence-electron chi connectivity index (χ4n) is 0.448. The first-order valence-corrected chi connectivity index (χ1v) is 3.10. The molecule has 0 aliphatic carbocycles. The van der Waals surface area contributed by atoms with Crippen molar-refractivity contribution in [3.05, 3.63) is 6.42 Å². The van der Waals surface area contributed by atoms with E-state index in [0.717, 1.165) is 6.42 Å². The number of nitrogens with two attached hydrogens (primary N) is 1. The monoisotopic (exact) mass is 143 g/mol. The molecule has 0 spiro atoms. The van der Waals surface area contributed by atoms with Crippen LogP contribution in [0.5, 0.6) is 0 Å². The van der Waals surface area contributed by atoms with Crippen molar-refractivity contribution >= 4 is 11.9 Å². The number of hydrogen-bond acceptors (Lipinski definition) is 2. The molecule has 0 aliphatic rings. The Labute approximate surface area is 59.8 Å². The molecule has 0 saturated carbocycles. The molecule has 0 aromatic rings. The zero-order valence-corrected chi connectivity index (χ0v) is 5.89. The molecule has 10 heavy (non-hydrogen) atoms. The van der Waals surface area contributed by atoms with Crippen LogP contribution in [0, 0.1) is 6.42 Å². The second kappa shape index (κ2) is 4.78. The number of primary amides is 1. The van der Waals surface area contributed by atoms with Gasteiger partial charge in [0, 0.05) is 0 Å². The fourth-order valence-corrected chi connectivity index (χ4v) is 0.448. The number of imide groups is 1. The zero-order chi connectivity index (χ0) is 7.98. The summed E-state index contributed by atoms with van der Waals surface area (Å²) in [5.74, 6) is -0.422. The second-order valence-corrected chi connectivity index (χ2v) is 1.85. The summed E-state index contributed by atoms with van der Waals surface area (Å²) in [7, 11) is 0. The van der Waals surface area contributed by atoms with E-state index >= 15 is 0 Å². The van der Waals surface area contributed by atoms with Crippen molar-refractivity contribution in [2.75, 3.05) is 0 Å². The number of amides is 3. The van der Waals surface area contributed by atoms with E-state index in [9.17, 15) is 9.59 Å². The van der Waals surface area contributed by atoms with Gasteiger partial charge in [0.1, 0.15) is 0 Å². The van der Waals surface area contributed by atoms with Crippen LogP contribution >= 0.6 is 0 Å². The van der Waals surface area contributed by atoms with Gasteiger partial charge in [0.2, 0.25) is 5.91 Å². The molecule has 0 rings (SSSR count). The van der Waals surface area contributed by atoms with E-state index < -0.39 is 11.9 Å². The van der Waals surface area contributed by atoms with E-state index in [1.165, 1.54) is 6.42 Å². The standard InChI is InChI=1S/C6H11N2O2/c1-2-3-4-5(9)8-6(7)10/h4H,2-3H2,1H3,(H3,7,8,9,10). The molecule has 0 unspecified atom stereocenters. The molecule has 4 nitrogen and oxygen atoms in total. The van der Waals surface area contributed by atoms with Crippen LogP contribution in [0.2, 0.25) is 0 Å². The minimum absolute atomic E-state index is 0.422. The Morgan fingerprint density at radius 2 is 2.20 bits per heavy atom. The van der Waals surface area contributed by atoms with E-state index in [1.54, 1.807) is 0 Å². The average molecular weight is 143 g/mol. The number of unbranched alkanes of at least 4 members (excludes halogenated alkanes) is 1. The largest absolute Gasteiger partial charge is 0.351 e. The van der Waals surface area contributed by atoms with Gasteiger partial charge in [0.05, 0.1) is 6.42 Å². The van der Waals surface area contributed by atoms with Crippen molar-refractivity contribution in [2.24, 2.45) is 5.73 Å². The van der Waals surface area contributed by atoms with Crippen LogP contribution in [-0.4, -0.2) is 11.9 Å². The van der Waals surface area contributed by atoms with Gasteiger partial charge in [-0.1, -0.05) is 13.3 Å². The minimum atomic E-state index is -0.808. The van der Waals surface area contributed by atoms with Crippen molar-refractivity contribution in [3.63, 3.8) is 0 Å². The van der Waals surface area contributed by atoms with E-state index in [-0.39, 0.29) is 0 Å². The lowest BCUT2D eigenvalue weighted by Gasteiger charge is -1.96. The molecule has 0 aromatic heterocycles. The molecule has 0 fully saturated rings. The molecule has 0 heterocycles. The highest BCUT2D eigenvalue weighted by Gasteiger charge is 2.01. The molecule has 1 radical (unpaired) electrons. The van der Waals surface area contributed by atoms with E-state index in [4.69, 9.17) is 0 Å². The van der Waals surface area contributed by atoms with Gasteiger partial charge in [-0.3, -0.25) is 10.1 Å². The van der Waals surface area contributed by atoms with E-state index in [1.807, 2.05) is 12.2 Å². The number of carbonyl (C=O) groups excluding carboxylic acids is 2. The van der Waals surface area contributed by atoms with Crippen LogP contribution in [0.15, 0.2) is 0 Å². The zero-order valence-electron chi connectivity index (χ0n) is 5.89. The molecule has 57 valence electrons. The van der Waals surface area contributed by atoms with Crippen molar-refractivity contribution in [2.45, 2.75) is 19.8 Å². The second-order valence-electron chi connectivity index (χ2n) is 1.85. The third-order valence-electron chi connectivity index (χ3n) is 0.865. The number of carbonyl (C=O) groups is 2. The third-order valence-corrected chi connectivity index (χ3v) is 0.865. The Kier molecular flexibility index (Phi) is 4.28. The van der Waals surface area contributed by atoms with Gasteiger partial charge in [-0.2, -0.15) is 0 Å². The summed E-state index contributed by atoms with van der Waals surface area (Å²) in [4.78, 5) is 20.6. The molecule has 0 atom stereocenters. The summed E-state index contributed by atoms with van der Waals surface area (Å²) in [5, 5.41) is 1.92. The number of nitrogens with one attached hydrogen (secondary N) is 1. The van der Waals surface area contributed by atoms with Crippen molar-refractivity contribution < 1.29 is 9.59 Å². The fraction of sp³-hybridized carbons (Fsp3) is 0.500. The normalized spacial score (nSPS) is 8.90. The van der Waals surface area contributed by atoms with Gasteiger partial charge in [-0.15, -0.1) is 0 Å². The maximum atomic E-state index is 10.5. The lowest BCUT2D eigenvalue weighted by Crippen LogP contribution is -2.34. The molecular formula is C6H11N2O2.